The minimum atomic E-state index is 0.678. The van der Waals surface area contributed by atoms with E-state index in [0.29, 0.717) is 5.92 Å². The second-order valence-corrected chi connectivity index (χ2v) is 4.32. The molecule has 0 N–H and O–H groups in total. The molecular formula is C10H17P. The van der Waals surface area contributed by atoms with E-state index in [1.165, 1.54) is 29.3 Å². The highest BCUT2D eigenvalue weighted by molar-refractivity contribution is 7.22. The standard InChI is InChI=1S/C10H17P/c1-7(2)9-6-8(3)4-5-10(9)11/h6-7H,4-5,11H2,1-3H3. The number of hydrogen-bond donors (Lipinski definition) is 0. The van der Waals surface area contributed by atoms with E-state index in [9.17, 15) is 0 Å². The second kappa shape index (κ2) is 3.54. The highest BCUT2D eigenvalue weighted by Crippen LogP contribution is 2.31. The summed E-state index contributed by atoms with van der Waals surface area (Å²) in [4.78, 5) is 0. The highest BCUT2D eigenvalue weighted by Gasteiger charge is 2.09. The van der Waals surface area contributed by atoms with Crippen molar-refractivity contribution in [3.8, 4) is 0 Å². The Morgan fingerprint density at radius 2 is 2.00 bits per heavy atom. The van der Waals surface area contributed by atoms with Crippen molar-refractivity contribution in [3.05, 3.63) is 22.5 Å². The molecule has 0 heterocycles. The van der Waals surface area contributed by atoms with Gasteiger partial charge in [0, 0.05) is 0 Å². The van der Waals surface area contributed by atoms with Crippen molar-refractivity contribution < 1.29 is 0 Å². The average molecular weight is 168 g/mol. The predicted octanol–water partition coefficient (Wildman–Crippen LogP) is 3.51. The Morgan fingerprint density at radius 3 is 2.45 bits per heavy atom. The van der Waals surface area contributed by atoms with Crippen molar-refractivity contribution in [2.45, 2.75) is 33.6 Å². The van der Waals surface area contributed by atoms with Crippen LogP contribution in [-0.2, 0) is 0 Å². The van der Waals surface area contributed by atoms with Gasteiger partial charge in [-0.05, 0) is 36.6 Å². The van der Waals surface area contributed by atoms with Crippen LogP contribution in [0.5, 0.6) is 0 Å². The smallest absolute Gasteiger partial charge is 0.0216 e. The van der Waals surface area contributed by atoms with Crippen LogP contribution in [0, 0.1) is 5.92 Å². The van der Waals surface area contributed by atoms with E-state index in [4.69, 9.17) is 0 Å². The Hall–Kier alpha value is -0.0900. The molecule has 1 aliphatic rings. The zero-order valence-electron chi connectivity index (χ0n) is 7.65. The van der Waals surface area contributed by atoms with Crippen LogP contribution in [0.25, 0.3) is 0 Å². The van der Waals surface area contributed by atoms with Crippen molar-refractivity contribution in [2.75, 3.05) is 0 Å². The lowest BCUT2D eigenvalue weighted by atomic mass is 9.93. The molecule has 0 fully saturated rings. The van der Waals surface area contributed by atoms with Gasteiger partial charge in [-0.1, -0.05) is 25.5 Å². The molecule has 0 spiro atoms. The van der Waals surface area contributed by atoms with Gasteiger partial charge in [0.1, 0.15) is 0 Å². The van der Waals surface area contributed by atoms with Crippen molar-refractivity contribution >= 4 is 9.24 Å². The van der Waals surface area contributed by atoms with Crippen molar-refractivity contribution in [2.24, 2.45) is 5.92 Å². The molecule has 1 heteroatoms. The third-order valence-corrected chi connectivity index (χ3v) is 2.81. The normalized spacial score (nSPS) is 19.2. The Bertz CT molecular complexity index is 209. The maximum atomic E-state index is 2.86. The lowest BCUT2D eigenvalue weighted by Crippen LogP contribution is -1.99. The lowest BCUT2D eigenvalue weighted by molar-refractivity contribution is 0.760. The van der Waals surface area contributed by atoms with Gasteiger partial charge in [0.15, 0.2) is 0 Å². The Morgan fingerprint density at radius 1 is 1.36 bits per heavy atom. The quantitative estimate of drug-likeness (QED) is 0.525. The minimum absolute atomic E-state index is 0.678. The fourth-order valence-corrected chi connectivity index (χ4v) is 2.00. The summed E-state index contributed by atoms with van der Waals surface area (Å²) >= 11 is 0. The summed E-state index contributed by atoms with van der Waals surface area (Å²) in [5.41, 5.74) is 3.05. The van der Waals surface area contributed by atoms with Crippen LogP contribution in [0.2, 0.25) is 0 Å². The molecule has 0 amide bonds. The first kappa shape index (κ1) is 9.00. The fraction of sp³-hybridized carbons (Fsp3) is 0.600. The van der Waals surface area contributed by atoms with Gasteiger partial charge in [-0.2, -0.15) is 0 Å². The third kappa shape index (κ3) is 2.17. The van der Waals surface area contributed by atoms with Gasteiger partial charge in [-0.25, -0.2) is 0 Å². The molecule has 1 unspecified atom stereocenters. The van der Waals surface area contributed by atoms with Crippen LogP contribution in [0.15, 0.2) is 22.5 Å². The van der Waals surface area contributed by atoms with E-state index in [2.05, 4.69) is 36.1 Å². The zero-order valence-corrected chi connectivity index (χ0v) is 8.80. The van der Waals surface area contributed by atoms with E-state index < -0.39 is 0 Å². The molecular weight excluding hydrogens is 151 g/mol. The van der Waals surface area contributed by atoms with Crippen molar-refractivity contribution in [1.82, 2.24) is 0 Å². The van der Waals surface area contributed by atoms with Crippen LogP contribution < -0.4 is 0 Å². The van der Waals surface area contributed by atoms with Crippen LogP contribution in [0.3, 0.4) is 0 Å². The SMILES string of the molecule is CC1=CC(C(C)C)=C(P)CC1. The first-order valence-corrected chi connectivity index (χ1v) is 4.84. The Labute approximate surface area is 72.0 Å². The molecule has 0 nitrogen and oxygen atoms in total. The van der Waals surface area contributed by atoms with Gasteiger partial charge in [0.25, 0.3) is 0 Å². The molecule has 0 bridgehead atoms. The van der Waals surface area contributed by atoms with E-state index in [0.717, 1.165) is 0 Å². The molecule has 0 saturated heterocycles. The van der Waals surface area contributed by atoms with Crippen LogP contribution in [0.1, 0.15) is 33.6 Å². The van der Waals surface area contributed by atoms with Crippen LogP contribution in [-0.4, -0.2) is 0 Å². The number of hydrogen-bond acceptors (Lipinski definition) is 0. The molecule has 0 aliphatic heterocycles. The lowest BCUT2D eigenvalue weighted by Gasteiger charge is -2.18. The molecule has 0 aromatic rings. The van der Waals surface area contributed by atoms with Crippen LogP contribution in [0.4, 0.5) is 0 Å². The second-order valence-electron chi connectivity index (χ2n) is 3.63. The Kier molecular flexibility index (Phi) is 2.90. The van der Waals surface area contributed by atoms with Crippen molar-refractivity contribution in [1.29, 1.82) is 0 Å². The highest BCUT2D eigenvalue weighted by atomic mass is 31.0. The monoisotopic (exact) mass is 168 g/mol. The summed E-state index contributed by atoms with van der Waals surface area (Å²) in [6.45, 7) is 6.74. The molecule has 0 radical (unpaired) electrons. The van der Waals surface area contributed by atoms with E-state index >= 15 is 0 Å². The molecule has 0 saturated carbocycles. The molecule has 1 aliphatic carbocycles. The van der Waals surface area contributed by atoms with Gasteiger partial charge >= 0.3 is 0 Å². The summed E-state index contributed by atoms with van der Waals surface area (Å²) in [5.74, 6) is 0.678. The minimum Gasteiger partial charge on any atom is -0.110 e. The van der Waals surface area contributed by atoms with E-state index in [1.807, 2.05) is 0 Å². The molecule has 0 aromatic heterocycles. The summed E-state index contributed by atoms with van der Waals surface area (Å²) in [6.07, 6.45) is 4.83. The van der Waals surface area contributed by atoms with E-state index in [-0.39, 0.29) is 0 Å². The van der Waals surface area contributed by atoms with Gasteiger partial charge in [0.05, 0.1) is 0 Å². The molecule has 11 heavy (non-hydrogen) atoms. The topological polar surface area (TPSA) is 0 Å². The van der Waals surface area contributed by atoms with Crippen LogP contribution >= 0.6 is 9.24 Å². The molecule has 1 rings (SSSR count). The third-order valence-electron chi connectivity index (χ3n) is 2.18. The first-order valence-electron chi connectivity index (χ1n) is 4.27. The molecule has 0 aromatic carbocycles. The molecule has 1 atom stereocenters. The predicted molar refractivity (Wildman–Crippen MR) is 54.6 cm³/mol. The molecule has 62 valence electrons. The van der Waals surface area contributed by atoms with Gasteiger partial charge in [-0.3, -0.25) is 0 Å². The first-order chi connectivity index (χ1) is 5.11. The summed E-state index contributed by atoms with van der Waals surface area (Å²) < 4.78 is 0. The van der Waals surface area contributed by atoms with E-state index in [1.54, 1.807) is 0 Å². The maximum absolute atomic E-state index is 2.86. The number of allylic oxidation sites excluding steroid dienone is 4. The summed E-state index contributed by atoms with van der Waals surface area (Å²) in [5, 5.41) is 1.51. The largest absolute Gasteiger partial charge is 0.110 e. The zero-order chi connectivity index (χ0) is 8.43. The summed E-state index contributed by atoms with van der Waals surface area (Å²) in [7, 11) is 2.86. The maximum Gasteiger partial charge on any atom is -0.0216 e. The summed E-state index contributed by atoms with van der Waals surface area (Å²) in [6, 6.07) is 0. The van der Waals surface area contributed by atoms with Crippen molar-refractivity contribution in [3.63, 3.8) is 0 Å². The fourth-order valence-electron chi connectivity index (χ4n) is 1.44. The van der Waals surface area contributed by atoms with Gasteiger partial charge < -0.3 is 0 Å². The average Bonchev–Trinajstić information content (AvgIpc) is 1.94. The van der Waals surface area contributed by atoms with Gasteiger partial charge in [-0.15, -0.1) is 9.24 Å². The number of rotatable bonds is 1. The van der Waals surface area contributed by atoms with Gasteiger partial charge in [0.2, 0.25) is 0 Å². The Balaban J connectivity index is 2.89.